The molecule has 0 radical (unpaired) electrons. The van der Waals surface area contributed by atoms with Crippen molar-refractivity contribution in [2.75, 3.05) is 45.9 Å². The molecule has 2 fully saturated rings. The first kappa shape index (κ1) is 11.8. The standard InChI is InChI=1S/C11H21N3O2/c15-11-10(2-1-3-13-11)12-4-5-14-6-8-16-9-7-14/h10,12H,1-9H2,(H,13,15). The molecule has 0 bridgehead atoms. The van der Waals surface area contributed by atoms with Crippen LogP contribution in [0.2, 0.25) is 0 Å². The van der Waals surface area contributed by atoms with Crippen molar-refractivity contribution in [3.05, 3.63) is 0 Å². The summed E-state index contributed by atoms with van der Waals surface area (Å²) < 4.78 is 5.29. The summed E-state index contributed by atoms with van der Waals surface area (Å²) in [5.74, 6) is 0.160. The Morgan fingerprint density at radius 2 is 2.25 bits per heavy atom. The fourth-order valence-corrected chi connectivity index (χ4v) is 2.19. The minimum absolute atomic E-state index is 0.0230. The number of nitrogens with zero attached hydrogens (tertiary/aromatic N) is 1. The Hall–Kier alpha value is -0.650. The second kappa shape index (κ2) is 6.18. The summed E-state index contributed by atoms with van der Waals surface area (Å²) in [5, 5.41) is 6.21. The molecule has 2 N–H and O–H groups in total. The van der Waals surface area contributed by atoms with E-state index in [0.717, 1.165) is 58.8 Å². The van der Waals surface area contributed by atoms with Crippen molar-refractivity contribution < 1.29 is 9.53 Å². The summed E-state index contributed by atoms with van der Waals surface area (Å²) in [6.45, 7) is 6.43. The minimum Gasteiger partial charge on any atom is -0.379 e. The SMILES string of the molecule is O=C1NCCCC1NCCN1CCOCC1. The maximum atomic E-state index is 11.5. The zero-order valence-electron chi connectivity index (χ0n) is 9.71. The van der Waals surface area contributed by atoms with Gasteiger partial charge in [0.1, 0.15) is 0 Å². The van der Waals surface area contributed by atoms with Crippen molar-refractivity contribution >= 4 is 5.91 Å². The number of ether oxygens (including phenoxy) is 1. The zero-order chi connectivity index (χ0) is 11.2. The molecule has 5 nitrogen and oxygen atoms in total. The average molecular weight is 227 g/mol. The van der Waals surface area contributed by atoms with Gasteiger partial charge in [-0.05, 0) is 12.8 Å². The molecule has 0 aliphatic carbocycles. The van der Waals surface area contributed by atoms with E-state index in [2.05, 4.69) is 15.5 Å². The average Bonchev–Trinajstić information content (AvgIpc) is 2.33. The normalized spacial score (nSPS) is 27.8. The number of morpholine rings is 1. The molecule has 0 aromatic rings. The van der Waals surface area contributed by atoms with Gasteiger partial charge >= 0.3 is 0 Å². The lowest BCUT2D eigenvalue weighted by molar-refractivity contribution is -0.124. The van der Waals surface area contributed by atoms with E-state index in [4.69, 9.17) is 4.74 Å². The molecule has 2 aliphatic heterocycles. The summed E-state index contributed by atoms with van der Waals surface area (Å²) >= 11 is 0. The van der Waals surface area contributed by atoms with Gasteiger partial charge in [-0.1, -0.05) is 0 Å². The van der Waals surface area contributed by atoms with Gasteiger partial charge in [0.25, 0.3) is 0 Å². The molecule has 2 saturated heterocycles. The zero-order valence-corrected chi connectivity index (χ0v) is 9.71. The van der Waals surface area contributed by atoms with E-state index in [0.29, 0.717) is 0 Å². The summed E-state index contributed by atoms with van der Waals surface area (Å²) in [6.07, 6.45) is 2.05. The van der Waals surface area contributed by atoms with E-state index in [9.17, 15) is 4.79 Å². The van der Waals surface area contributed by atoms with Gasteiger partial charge in [-0.3, -0.25) is 9.69 Å². The molecule has 5 heteroatoms. The smallest absolute Gasteiger partial charge is 0.237 e. The van der Waals surface area contributed by atoms with Gasteiger partial charge in [-0.25, -0.2) is 0 Å². The number of rotatable bonds is 4. The highest BCUT2D eigenvalue weighted by Crippen LogP contribution is 2.02. The molecular weight excluding hydrogens is 206 g/mol. The van der Waals surface area contributed by atoms with Crippen LogP contribution < -0.4 is 10.6 Å². The lowest BCUT2D eigenvalue weighted by atomic mass is 10.1. The maximum Gasteiger partial charge on any atom is 0.237 e. The number of carbonyl (C=O) groups is 1. The highest BCUT2D eigenvalue weighted by Gasteiger charge is 2.21. The molecule has 2 aliphatic rings. The molecule has 0 aromatic heterocycles. The Balaban J connectivity index is 1.61. The summed E-state index contributed by atoms with van der Waals surface area (Å²) in [5.41, 5.74) is 0. The predicted octanol–water partition coefficient (Wildman–Crippen LogP) is -0.813. The molecular formula is C11H21N3O2. The van der Waals surface area contributed by atoms with Crippen molar-refractivity contribution in [3.63, 3.8) is 0 Å². The van der Waals surface area contributed by atoms with Crippen LogP contribution in [0.4, 0.5) is 0 Å². The molecule has 1 amide bonds. The van der Waals surface area contributed by atoms with E-state index in [1.54, 1.807) is 0 Å². The van der Waals surface area contributed by atoms with Crippen molar-refractivity contribution in [3.8, 4) is 0 Å². The van der Waals surface area contributed by atoms with Crippen molar-refractivity contribution in [1.82, 2.24) is 15.5 Å². The number of piperidine rings is 1. The number of nitrogens with one attached hydrogen (secondary N) is 2. The van der Waals surface area contributed by atoms with Crippen molar-refractivity contribution in [1.29, 1.82) is 0 Å². The lowest BCUT2D eigenvalue weighted by Gasteiger charge is -2.28. The van der Waals surface area contributed by atoms with E-state index < -0.39 is 0 Å². The van der Waals surface area contributed by atoms with E-state index in [1.807, 2.05) is 0 Å². The first-order valence-corrected chi connectivity index (χ1v) is 6.17. The maximum absolute atomic E-state index is 11.5. The van der Waals surface area contributed by atoms with Crippen LogP contribution in [0.5, 0.6) is 0 Å². The Bertz CT molecular complexity index is 229. The number of hydrogen-bond acceptors (Lipinski definition) is 4. The highest BCUT2D eigenvalue weighted by atomic mass is 16.5. The van der Waals surface area contributed by atoms with Crippen LogP contribution in [0.15, 0.2) is 0 Å². The first-order valence-electron chi connectivity index (χ1n) is 6.17. The summed E-state index contributed by atoms with van der Waals surface area (Å²) in [6, 6.07) is 0.0230. The van der Waals surface area contributed by atoms with Crippen LogP contribution in [0.3, 0.4) is 0 Å². The Labute approximate surface area is 96.5 Å². The highest BCUT2D eigenvalue weighted by molar-refractivity contribution is 5.82. The van der Waals surface area contributed by atoms with Crippen LogP contribution >= 0.6 is 0 Å². The Kier molecular flexibility index (Phi) is 4.56. The monoisotopic (exact) mass is 227 g/mol. The molecule has 1 unspecified atom stereocenters. The quantitative estimate of drug-likeness (QED) is 0.659. The molecule has 2 heterocycles. The second-order valence-electron chi connectivity index (χ2n) is 4.39. The fourth-order valence-electron chi connectivity index (χ4n) is 2.19. The van der Waals surface area contributed by atoms with Gasteiger partial charge in [-0.2, -0.15) is 0 Å². The molecule has 0 aromatic carbocycles. The van der Waals surface area contributed by atoms with Crippen LogP contribution in [-0.2, 0) is 9.53 Å². The summed E-state index contributed by atoms with van der Waals surface area (Å²) in [7, 11) is 0. The van der Waals surface area contributed by atoms with E-state index in [1.165, 1.54) is 0 Å². The third kappa shape index (κ3) is 3.43. The molecule has 1 atom stereocenters. The molecule has 0 saturated carbocycles. The molecule has 92 valence electrons. The van der Waals surface area contributed by atoms with Gasteiger partial charge in [-0.15, -0.1) is 0 Å². The number of amides is 1. The van der Waals surface area contributed by atoms with E-state index >= 15 is 0 Å². The molecule has 0 spiro atoms. The largest absolute Gasteiger partial charge is 0.379 e. The molecule has 2 rings (SSSR count). The van der Waals surface area contributed by atoms with Gasteiger partial charge < -0.3 is 15.4 Å². The lowest BCUT2D eigenvalue weighted by Crippen LogP contribution is -2.50. The van der Waals surface area contributed by atoms with Gasteiger partial charge in [0.2, 0.25) is 5.91 Å². The van der Waals surface area contributed by atoms with Crippen molar-refractivity contribution in [2.45, 2.75) is 18.9 Å². The third-order valence-electron chi connectivity index (χ3n) is 3.21. The Morgan fingerprint density at radius 1 is 1.44 bits per heavy atom. The third-order valence-corrected chi connectivity index (χ3v) is 3.21. The van der Waals surface area contributed by atoms with Gasteiger partial charge in [0.05, 0.1) is 19.3 Å². The Morgan fingerprint density at radius 3 is 3.00 bits per heavy atom. The fraction of sp³-hybridized carbons (Fsp3) is 0.909. The van der Waals surface area contributed by atoms with Crippen LogP contribution in [-0.4, -0.2) is 62.8 Å². The van der Waals surface area contributed by atoms with E-state index in [-0.39, 0.29) is 11.9 Å². The topological polar surface area (TPSA) is 53.6 Å². The van der Waals surface area contributed by atoms with Gasteiger partial charge in [0.15, 0.2) is 0 Å². The number of hydrogen-bond donors (Lipinski definition) is 2. The number of carbonyl (C=O) groups excluding carboxylic acids is 1. The summed E-state index contributed by atoms with van der Waals surface area (Å²) in [4.78, 5) is 13.8. The van der Waals surface area contributed by atoms with Crippen molar-refractivity contribution in [2.24, 2.45) is 0 Å². The first-order chi connectivity index (χ1) is 7.86. The molecule has 16 heavy (non-hydrogen) atoms. The second-order valence-corrected chi connectivity index (χ2v) is 4.39. The van der Waals surface area contributed by atoms with Crippen LogP contribution in [0, 0.1) is 0 Å². The predicted molar refractivity (Wildman–Crippen MR) is 61.3 cm³/mol. The van der Waals surface area contributed by atoms with Gasteiger partial charge in [0, 0.05) is 32.7 Å². The van der Waals surface area contributed by atoms with Crippen LogP contribution in [0.25, 0.3) is 0 Å². The van der Waals surface area contributed by atoms with Crippen LogP contribution in [0.1, 0.15) is 12.8 Å². The minimum atomic E-state index is 0.0230.